The molecule has 0 heterocycles. The first kappa shape index (κ1) is 35.7. The second-order valence-corrected chi connectivity index (χ2v) is 13.0. The van der Waals surface area contributed by atoms with Gasteiger partial charge >= 0.3 is 0 Å². The highest BCUT2D eigenvalue weighted by atomic mass is 19.2. The molecule has 0 aliphatic heterocycles. The number of rotatable bonds is 3. The SMILES string of the molecule is Fc1cccc2c1-c1c(F)c(F)c(F)c(B(c3c(F)c(F)c4c(F)c(F)c5c(F)ccc6ccc3c4c65)c3c(F)c(F)c(F)c4c(F)c(F)c(F)c(F)c34)c1C2. The van der Waals surface area contributed by atoms with Gasteiger partial charge in [-0.05, 0) is 56.8 Å². The van der Waals surface area contributed by atoms with Crippen LogP contribution in [0.25, 0.3) is 54.2 Å². The highest BCUT2D eigenvalue weighted by molar-refractivity contribution is 6.98. The van der Waals surface area contributed by atoms with E-state index in [0.29, 0.717) is 6.07 Å². The van der Waals surface area contributed by atoms with Gasteiger partial charge in [-0.2, -0.15) is 0 Å². The topological polar surface area (TPSA) is 0 Å². The zero-order chi connectivity index (χ0) is 40.1. The van der Waals surface area contributed by atoms with Crippen LogP contribution in [0.5, 0.6) is 0 Å². The maximum atomic E-state index is 16.9. The third kappa shape index (κ3) is 4.25. The average molecular weight is 792 g/mol. The second kappa shape index (κ2) is 11.8. The van der Waals surface area contributed by atoms with Crippen LogP contribution >= 0.6 is 0 Å². The maximum Gasteiger partial charge on any atom is 0.255 e. The van der Waals surface area contributed by atoms with Gasteiger partial charge in [0.1, 0.15) is 11.6 Å². The Hall–Kier alpha value is -6.00. The molecule has 280 valence electrons. The van der Waals surface area contributed by atoms with Gasteiger partial charge in [-0.15, -0.1) is 0 Å². The van der Waals surface area contributed by atoms with Crippen LogP contribution in [0.4, 0.5) is 70.2 Å². The number of halogens is 16. The molecule has 0 radical (unpaired) electrons. The van der Waals surface area contributed by atoms with E-state index in [1.807, 2.05) is 0 Å². The Kier molecular flexibility index (Phi) is 7.49. The monoisotopic (exact) mass is 792 g/mol. The van der Waals surface area contributed by atoms with Gasteiger partial charge in [0.15, 0.2) is 81.4 Å². The summed E-state index contributed by atoms with van der Waals surface area (Å²) in [5.74, 6) is -38.3. The van der Waals surface area contributed by atoms with Crippen molar-refractivity contribution in [2.24, 2.45) is 0 Å². The Morgan fingerprint density at radius 2 is 0.839 bits per heavy atom. The van der Waals surface area contributed by atoms with Crippen LogP contribution in [0.1, 0.15) is 11.1 Å². The van der Waals surface area contributed by atoms with Crippen LogP contribution < -0.4 is 16.4 Å². The van der Waals surface area contributed by atoms with Crippen LogP contribution in [-0.4, -0.2) is 6.71 Å². The summed E-state index contributed by atoms with van der Waals surface area (Å²) < 4.78 is 251. The van der Waals surface area contributed by atoms with E-state index in [0.717, 1.165) is 36.4 Å². The second-order valence-electron chi connectivity index (χ2n) is 13.0. The third-order valence-corrected chi connectivity index (χ3v) is 10.4. The maximum absolute atomic E-state index is 16.9. The standard InChI is InChI=1S/C39H9BF16/c41-13-3-1-2-10-8-12-18(15(10)13)26(43)36(53)34(51)24(12)40(25-20-22(31(48)37(54)35(25)52)32(49)39(56)38(55)28(20)45)23-11-6-4-9-5-7-14(42)19-16(9)17(11)21(29(46)27(19)44)30(47)33(23)50/h1-7H,8H2. The van der Waals surface area contributed by atoms with Gasteiger partial charge in [0.05, 0.1) is 16.2 Å². The van der Waals surface area contributed by atoms with Crippen molar-refractivity contribution in [1.82, 2.24) is 0 Å². The van der Waals surface area contributed by atoms with E-state index in [9.17, 15) is 8.78 Å². The van der Waals surface area contributed by atoms with Crippen molar-refractivity contribution in [3.05, 3.63) is 147 Å². The quantitative estimate of drug-likeness (QED) is 0.0550. The van der Waals surface area contributed by atoms with Gasteiger partial charge in [-0.25, -0.2) is 70.2 Å². The molecule has 0 atom stereocenters. The highest BCUT2D eigenvalue weighted by Gasteiger charge is 2.45. The number of hydrogen-bond acceptors (Lipinski definition) is 0. The van der Waals surface area contributed by atoms with E-state index in [2.05, 4.69) is 0 Å². The first-order valence-corrected chi connectivity index (χ1v) is 15.9. The molecule has 0 saturated carbocycles. The lowest BCUT2D eigenvalue weighted by Gasteiger charge is -2.26. The Morgan fingerprint density at radius 3 is 1.52 bits per heavy atom. The largest absolute Gasteiger partial charge is 0.255 e. The van der Waals surface area contributed by atoms with Crippen molar-refractivity contribution in [3.8, 4) is 11.1 Å². The van der Waals surface area contributed by atoms with Crippen molar-refractivity contribution in [2.45, 2.75) is 6.42 Å². The Morgan fingerprint density at radius 1 is 0.339 bits per heavy atom. The summed E-state index contributed by atoms with van der Waals surface area (Å²) in [5.41, 5.74) is -8.37. The molecule has 17 heteroatoms. The summed E-state index contributed by atoms with van der Waals surface area (Å²) in [6.45, 7) is -3.27. The van der Waals surface area contributed by atoms with E-state index in [1.165, 1.54) is 0 Å². The molecule has 0 saturated heterocycles. The fourth-order valence-electron chi connectivity index (χ4n) is 8.14. The lowest BCUT2D eigenvalue weighted by molar-refractivity contribution is 0.411. The summed E-state index contributed by atoms with van der Waals surface area (Å²) >= 11 is 0. The molecule has 0 aromatic heterocycles. The highest BCUT2D eigenvalue weighted by Crippen LogP contribution is 2.44. The smallest absolute Gasteiger partial charge is 0.206 e. The zero-order valence-corrected chi connectivity index (χ0v) is 26.9. The minimum Gasteiger partial charge on any atom is -0.206 e. The van der Waals surface area contributed by atoms with Crippen molar-refractivity contribution in [1.29, 1.82) is 0 Å². The Bertz CT molecular complexity index is 3130. The van der Waals surface area contributed by atoms with Crippen LogP contribution in [0.15, 0.2) is 42.5 Å². The fourth-order valence-corrected chi connectivity index (χ4v) is 8.14. The van der Waals surface area contributed by atoms with E-state index < -0.39 is 177 Å². The third-order valence-electron chi connectivity index (χ3n) is 10.4. The Balaban J connectivity index is 1.59. The molecule has 9 rings (SSSR count). The van der Waals surface area contributed by atoms with Crippen LogP contribution in [0.2, 0.25) is 0 Å². The molecular formula is C39H9BF16. The minimum absolute atomic E-state index is 0.202. The molecule has 56 heavy (non-hydrogen) atoms. The summed E-state index contributed by atoms with van der Waals surface area (Å²) in [6.07, 6.45) is -0.883. The average Bonchev–Trinajstić information content (AvgIpc) is 3.57. The normalized spacial score (nSPS) is 12.6. The molecule has 8 aromatic carbocycles. The van der Waals surface area contributed by atoms with Gasteiger partial charge in [0, 0.05) is 27.3 Å². The van der Waals surface area contributed by atoms with E-state index in [1.54, 1.807) is 0 Å². The number of benzene rings is 8. The predicted molar refractivity (Wildman–Crippen MR) is 173 cm³/mol. The first-order chi connectivity index (χ1) is 26.5. The van der Waals surface area contributed by atoms with Crippen molar-refractivity contribution >= 4 is 66.2 Å². The van der Waals surface area contributed by atoms with Crippen LogP contribution in [0.3, 0.4) is 0 Å². The van der Waals surface area contributed by atoms with Gasteiger partial charge in [0.25, 0.3) is 6.71 Å². The van der Waals surface area contributed by atoms with Gasteiger partial charge < -0.3 is 0 Å². The molecule has 0 nitrogen and oxygen atoms in total. The number of hydrogen-bond donors (Lipinski definition) is 0. The molecule has 0 spiro atoms. The predicted octanol–water partition coefficient (Wildman–Crippen LogP) is 10.1. The molecular weight excluding hydrogens is 783 g/mol. The molecule has 1 aliphatic carbocycles. The zero-order valence-electron chi connectivity index (χ0n) is 26.9. The summed E-state index contributed by atoms with van der Waals surface area (Å²) in [6, 6.07) is 6.22. The van der Waals surface area contributed by atoms with Crippen LogP contribution in [-0.2, 0) is 6.42 Å². The van der Waals surface area contributed by atoms with Crippen molar-refractivity contribution in [3.63, 3.8) is 0 Å². The lowest BCUT2D eigenvalue weighted by Crippen LogP contribution is -2.58. The summed E-state index contributed by atoms with van der Waals surface area (Å²) in [4.78, 5) is 0. The minimum atomic E-state index is -3.27. The van der Waals surface area contributed by atoms with Crippen molar-refractivity contribution in [2.75, 3.05) is 0 Å². The molecule has 0 N–H and O–H groups in total. The molecule has 8 aromatic rings. The van der Waals surface area contributed by atoms with E-state index in [4.69, 9.17) is 0 Å². The van der Waals surface area contributed by atoms with E-state index in [-0.39, 0.29) is 10.9 Å². The molecule has 0 bridgehead atoms. The lowest BCUT2D eigenvalue weighted by atomic mass is 9.34. The van der Waals surface area contributed by atoms with Crippen LogP contribution in [0, 0.1) is 93.1 Å². The molecule has 1 aliphatic rings. The summed E-state index contributed by atoms with van der Waals surface area (Å²) in [7, 11) is 0. The summed E-state index contributed by atoms with van der Waals surface area (Å²) in [5, 5.41) is -9.90. The van der Waals surface area contributed by atoms with Gasteiger partial charge in [-0.1, -0.05) is 30.3 Å². The Labute approximate surface area is 300 Å². The van der Waals surface area contributed by atoms with Gasteiger partial charge in [-0.3, -0.25) is 0 Å². The molecule has 0 fully saturated rings. The van der Waals surface area contributed by atoms with E-state index >= 15 is 61.5 Å². The molecule has 0 amide bonds. The number of fused-ring (bicyclic) bond motifs is 4. The van der Waals surface area contributed by atoms with Crippen molar-refractivity contribution < 1.29 is 70.2 Å². The van der Waals surface area contributed by atoms with Gasteiger partial charge in [0.2, 0.25) is 0 Å². The molecule has 0 unspecified atom stereocenters. The first-order valence-electron chi connectivity index (χ1n) is 15.9. The fraction of sp³-hybridized carbons (Fsp3) is 0.0256.